The summed E-state index contributed by atoms with van der Waals surface area (Å²) in [7, 11) is 0. The number of benzene rings is 3. The van der Waals surface area contributed by atoms with E-state index in [1.807, 2.05) is 97.1 Å². The van der Waals surface area contributed by atoms with Crippen LogP contribution in [0.25, 0.3) is 0 Å². The Morgan fingerprint density at radius 2 is 1.53 bits per heavy atom. The SMILES string of the molecule is O=C(NCCCC[C@H]1COC(=O)[C@@H](Cc2ccccc2)CC=CC[C@H](CC(=O)N2Cc3ccccc3C[C@H]2CO)C(=O)N1)OCc1ccccc1. The molecule has 0 aromatic heterocycles. The Kier molecular flexibility index (Phi) is 14.2. The standard InChI is InChI=1S/C41H49N3O7/c45-27-37-24-32-17-7-10-20-35(32)26-44(37)38(46)25-33-18-8-9-19-34(23-30-13-3-1-4-14-30)40(48)50-29-36(43-39(33)47)21-11-12-22-42-41(49)51-28-31-15-5-2-6-16-31/h1-10,13-17,20,33-34,36-37,45H,11-12,18-19,21-29H2,(H,42,49)(H,43,47)/t33-,34-,36+,37+/m1/s1. The lowest BCUT2D eigenvalue weighted by atomic mass is 9.91. The third-order valence-electron chi connectivity index (χ3n) is 9.58. The minimum absolute atomic E-state index is 0.00227. The number of amides is 3. The predicted octanol–water partition coefficient (Wildman–Crippen LogP) is 5.27. The number of allylic oxidation sites excluding steroid dienone is 2. The third-order valence-corrected chi connectivity index (χ3v) is 9.58. The van der Waals surface area contributed by atoms with E-state index < -0.39 is 24.0 Å². The molecule has 0 radical (unpaired) electrons. The van der Waals surface area contributed by atoms with Crippen LogP contribution in [-0.2, 0) is 49.9 Å². The molecule has 270 valence electrons. The van der Waals surface area contributed by atoms with E-state index in [-0.39, 0.29) is 50.1 Å². The number of aliphatic hydroxyl groups is 1. The van der Waals surface area contributed by atoms with Gasteiger partial charge in [-0.2, -0.15) is 0 Å². The van der Waals surface area contributed by atoms with Crippen molar-refractivity contribution >= 4 is 23.9 Å². The van der Waals surface area contributed by atoms with Gasteiger partial charge in [0.1, 0.15) is 13.2 Å². The highest BCUT2D eigenvalue weighted by Crippen LogP contribution is 2.26. The van der Waals surface area contributed by atoms with Gasteiger partial charge in [0.15, 0.2) is 0 Å². The van der Waals surface area contributed by atoms with Gasteiger partial charge >= 0.3 is 12.1 Å². The van der Waals surface area contributed by atoms with E-state index in [1.165, 1.54) is 0 Å². The molecule has 0 unspecified atom stereocenters. The highest BCUT2D eigenvalue weighted by Gasteiger charge is 2.33. The van der Waals surface area contributed by atoms with Crippen LogP contribution in [0.15, 0.2) is 97.1 Å². The number of carbonyl (C=O) groups is 4. The maximum absolute atomic E-state index is 13.8. The van der Waals surface area contributed by atoms with Crippen molar-refractivity contribution < 1.29 is 33.8 Å². The van der Waals surface area contributed by atoms with Crippen LogP contribution in [0.4, 0.5) is 4.79 Å². The van der Waals surface area contributed by atoms with Crippen molar-refractivity contribution in [2.24, 2.45) is 11.8 Å². The summed E-state index contributed by atoms with van der Waals surface area (Å²) in [5.41, 5.74) is 4.10. The molecule has 10 nitrogen and oxygen atoms in total. The molecule has 0 fully saturated rings. The van der Waals surface area contributed by atoms with Gasteiger partial charge in [-0.15, -0.1) is 0 Å². The van der Waals surface area contributed by atoms with Crippen LogP contribution in [0.3, 0.4) is 0 Å². The molecule has 2 aliphatic heterocycles. The van der Waals surface area contributed by atoms with Crippen molar-refractivity contribution in [1.29, 1.82) is 0 Å². The number of esters is 1. The zero-order valence-corrected chi connectivity index (χ0v) is 29.1. The molecule has 5 rings (SSSR count). The van der Waals surface area contributed by atoms with Crippen molar-refractivity contribution in [1.82, 2.24) is 15.5 Å². The Labute approximate surface area is 300 Å². The first-order valence-corrected chi connectivity index (χ1v) is 18.0. The van der Waals surface area contributed by atoms with Gasteiger partial charge in [0.25, 0.3) is 0 Å². The molecule has 0 saturated carbocycles. The molecule has 0 saturated heterocycles. The third kappa shape index (κ3) is 11.5. The number of hydrogen-bond donors (Lipinski definition) is 3. The van der Waals surface area contributed by atoms with Gasteiger partial charge in [0, 0.05) is 19.5 Å². The van der Waals surface area contributed by atoms with E-state index in [4.69, 9.17) is 9.47 Å². The molecular formula is C41H49N3O7. The summed E-state index contributed by atoms with van der Waals surface area (Å²) in [6.07, 6.45) is 6.92. The fourth-order valence-corrected chi connectivity index (χ4v) is 6.63. The smallest absolute Gasteiger partial charge is 0.407 e. The van der Waals surface area contributed by atoms with Gasteiger partial charge in [0.2, 0.25) is 11.8 Å². The molecule has 0 bridgehead atoms. The van der Waals surface area contributed by atoms with Gasteiger partial charge in [-0.1, -0.05) is 97.1 Å². The summed E-state index contributed by atoms with van der Waals surface area (Å²) in [6.45, 7) is 0.801. The second-order valence-corrected chi connectivity index (χ2v) is 13.4. The number of rotatable bonds is 12. The summed E-state index contributed by atoms with van der Waals surface area (Å²) in [5.74, 6) is -1.82. The van der Waals surface area contributed by atoms with Gasteiger partial charge in [-0.05, 0) is 67.2 Å². The van der Waals surface area contributed by atoms with Gasteiger partial charge in [-0.3, -0.25) is 14.4 Å². The molecule has 3 aromatic carbocycles. The number of cyclic esters (lactones) is 1. The summed E-state index contributed by atoms with van der Waals surface area (Å²) < 4.78 is 11.1. The van der Waals surface area contributed by atoms with Crippen molar-refractivity contribution in [3.8, 4) is 0 Å². The first-order chi connectivity index (χ1) is 24.9. The van der Waals surface area contributed by atoms with Crippen molar-refractivity contribution in [3.05, 3.63) is 119 Å². The molecular weight excluding hydrogens is 646 g/mol. The number of aliphatic hydroxyl groups excluding tert-OH is 1. The molecule has 2 heterocycles. The average Bonchev–Trinajstić information content (AvgIpc) is 3.16. The van der Waals surface area contributed by atoms with E-state index in [0.717, 1.165) is 22.3 Å². The lowest BCUT2D eigenvalue weighted by Gasteiger charge is -2.36. The van der Waals surface area contributed by atoms with Crippen molar-refractivity contribution in [2.75, 3.05) is 19.8 Å². The van der Waals surface area contributed by atoms with Crippen LogP contribution in [0.2, 0.25) is 0 Å². The Morgan fingerprint density at radius 3 is 2.25 bits per heavy atom. The summed E-state index contributed by atoms with van der Waals surface area (Å²) in [6, 6.07) is 26.3. The Bertz CT molecular complexity index is 1610. The van der Waals surface area contributed by atoms with Crippen LogP contribution in [0.1, 0.15) is 60.8 Å². The lowest BCUT2D eigenvalue weighted by Crippen LogP contribution is -2.48. The van der Waals surface area contributed by atoms with Crippen LogP contribution in [-0.4, -0.2) is 65.7 Å². The number of hydrogen-bond acceptors (Lipinski definition) is 7. The summed E-state index contributed by atoms with van der Waals surface area (Å²) in [5, 5.41) is 16.0. The zero-order chi connectivity index (χ0) is 35.8. The van der Waals surface area contributed by atoms with E-state index in [1.54, 1.807) is 4.90 Å². The van der Waals surface area contributed by atoms with E-state index in [9.17, 15) is 24.3 Å². The number of alkyl carbamates (subject to hydrolysis) is 1. The summed E-state index contributed by atoms with van der Waals surface area (Å²) >= 11 is 0. The first-order valence-electron chi connectivity index (χ1n) is 18.0. The maximum Gasteiger partial charge on any atom is 0.407 e. The average molecular weight is 696 g/mol. The minimum Gasteiger partial charge on any atom is -0.463 e. The number of fused-ring (bicyclic) bond motifs is 1. The fraction of sp³-hybridized carbons (Fsp3) is 0.415. The van der Waals surface area contributed by atoms with Gasteiger partial charge in [-0.25, -0.2) is 4.79 Å². The van der Waals surface area contributed by atoms with Crippen molar-refractivity contribution in [3.63, 3.8) is 0 Å². The van der Waals surface area contributed by atoms with Crippen LogP contribution in [0, 0.1) is 11.8 Å². The normalized spacial score (nSPS) is 20.9. The van der Waals surface area contributed by atoms with Crippen LogP contribution in [0.5, 0.6) is 0 Å². The Hall–Kier alpha value is -4.96. The maximum atomic E-state index is 13.8. The summed E-state index contributed by atoms with van der Waals surface area (Å²) in [4.78, 5) is 54.7. The fourth-order valence-electron chi connectivity index (χ4n) is 6.63. The molecule has 2 aliphatic rings. The molecule has 51 heavy (non-hydrogen) atoms. The number of nitrogens with one attached hydrogen (secondary N) is 2. The monoisotopic (exact) mass is 695 g/mol. The minimum atomic E-state index is -0.642. The number of unbranched alkanes of at least 4 members (excludes halogenated alkanes) is 1. The number of carbonyl (C=O) groups excluding carboxylic acids is 4. The molecule has 3 amide bonds. The Balaban J connectivity index is 1.22. The topological polar surface area (TPSA) is 134 Å². The quantitative estimate of drug-likeness (QED) is 0.134. The van der Waals surface area contributed by atoms with Gasteiger partial charge in [0.05, 0.1) is 30.5 Å². The highest BCUT2D eigenvalue weighted by atomic mass is 16.5. The van der Waals surface area contributed by atoms with E-state index in [2.05, 4.69) is 10.6 Å². The van der Waals surface area contributed by atoms with Crippen LogP contribution >= 0.6 is 0 Å². The van der Waals surface area contributed by atoms with Crippen molar-refractivity contribution in [2.45, 2.75) is 76.6 Å². The second-order valence-electron chi connectivity index (χ2n) is 13.4. The molecule has 0 aliphatic carbocycles. The number of nitrogens with zero attached hydrogens (tertiary/aromatic N) is 1. The largest absolute Gasteiger partial charge is 0.463 e. The molecule has 3 N–H and O–H groups in total. The van der Waals surface area contributed by atoms with E-state index >= 15 is 0 Å². The zero-order valence-electron chi connectivity index (χ0n) is 29.1. The molecule has 0 spiro atoms. The van der Waals surface area contributed by atoms with Gasteiger partial charge < -0.3 is 30.1 Å². The van der Waals surface area contributed by atoms with E-state index in [0.29, 0.717) is 58.0 Å². The molecule has 10 heteroatoms. The molecule has 3 aromatic rings. The highest BCUT2D eigenvalue weighted by molar-refractivity contribution is 5.86. The Morgan fingerprint density at radius 1 is 0.863 bits per heavy atom. The predicted molar refractivity (Wildman–Crippen MR) is 193 cm³/mol. The lowest BCUT2D eigenvalue weighted by molar-refractivity contribution is -0.150. The molecule has 4 atom stereocenters. The second kappa shape index (κ2) is 19.4. The first kappa shape index (κ1) is 37.3. The number of ether oxygens (including phenoxy) is 2. The van der Waals surface area contributed by atoms with Crippen LogP contribution < -0.4 is 10.6 Å².